The Morgan fingerprint density at radius 3 is 2.71 bits per heavy atom. The summed E-state index contributed by atoms with van der Waals surface area (Å²) in [5, 5.41) is -0.907. The monoisotopic (exact) mass is 258 g/mol. The van der Waals surface area contributed by atoms with Gasteiger partial charge in [0.2, 0.25) is 0 Å². The number of ether oxygens (including phenoxy) is 1. The van der Waals surface area contributed by atoms with Gasteiger partial charge in [-0.1, -0.05) is 18.2 Å². The van der Waals surface area contributed by atoms with E-state index in [0.29, 0.717) is 11.3 Å². The van der Waals surface area contributed by atoms with Gasteiger partial charge in [-0.15, -0.1) is 11.8 Å². The summed E-state index contributed by atoms with van der Waals surface area (Å²) in [5.41, 5.74) is 0.388. The average molecular weight is 258 g/mol. The lowest BCUT2D eigenvalue weighted by molar-refractivity contribution is -0.0160. The summed E-state index contributed by atoms with van der Waals surface area (Å²) in [5.74, 6) is -2.85. The smallest absolute Gasteiger partial charge is 0.338 e. The van der Waals surface area contributed by atoms with Crippen LogP contribution in [0.25, 0.3) is 0 Å². The predicted octanol–water partition coefficient (Wildman–Crippen LogP) is 2.98. The van der Waals surface area contributed by atoms with E-state index in [9.17, 15) is 13.6 Å². The standard InChI is InChI=1S/C12H12F2O2S/c13-12(14)6-7-17-10(12)8-16-11(15)9-4-2-1-3-5-9/h1-5,10H,6-8H2/t10-/m0/s1. The first kappa shape index (κ1) is 12.4. The van der Waals surface area contributed by atoms with Crippen molar-refractivity contribution in [3.05, 3.63) is 35.9 Å². The van der Waals surface area contributed by atoms with Crippen molar-refractivity contribution in [3.8, 4) is 0 Å². The Balaban J connectivity index is 1.89. The van der Waals surface area contributed by atoms with Crippen LogP contribution in [0, 0.1) is 0 Å². The second-order valence-electron chi connectivity index (χ2n) is 3.83. The molecule has 1 aliphatic heterocycles. The molecule has 1 saturated heterocycles. The highest BCUT2D eigenvalue weighted by atomic mass is 32.2. The Kier molecular flexibility index (Phi) is 3.66. The van der Waals surface area contributed by atoms with Gasteiger partial charge in [0.25, 0.3) is 5.92 Å². The van der Waals surface area contributed by atoms with Crippen LogP contribution in [0.3, 0.4) is 0 Å². The van der Waals surface area contributed by atoms with Crippen LogP contribution in [-0.2, 0) is 4.74 Å². The van der Waals surface area contributed by atoms with Crippen molar-refractivity contribution in [2.45, 2.75) is 17.6 Å². The second kappa shape index (κ2) is 5.04. The van der Waals surface area contributed by atoms with Gasteiger partial charge in [-0.2, -0.15) is 0 Å². The van der Waals surface area contributed by atoms with Crippen molar-refractivity contribution in [2.24, 2.45) is 0 Å². The summed E-state index contributed by atoms with van der Waals surface area (Å²) >= 11 is 1.16. The molecule has 1 aliphatic rings. The number of carbonyl (C=O) groups excluding carboxylic acids is 1. The molecule has 0 aliphatic carbocycles. The molecule has 1 heterocycles. The van der Waals surface area contributed by atoms with Gasteiger partial charge in [0.1, 0.15) is 11.9 Å². The Bertz CT molecular complexity index is 395. The number of benzene rings is 1. The molecule has 1 aromatic carbocycles. The number of hydrogen-bond acceptors (Lipinski definition) is 3. The Morgan fingerprint density at radius 2 is 2.12 bits per heavy atom. The second-order valence-corrected chi connectivity index (χ2v) is 5.15. The summed E-state index contributed by atoms with van der Waals surface area (Å²) in [7, 11) is 0. The molecule has 0 aromatic heterocycles. The van der Waals surface area contributed by atoms with Gasteiger partial charge in [0.15, 0.2) is 0 Å². The number of halogens is 2. The van der Waals surface area contributed by atoms with E-state index in [1.54, 1.807) is 30.3 Å². The molecule has 2 nitrogen and oxygen atoms in total. The number of alkyl halides is 2. The van der Waals surface area contributed by atoms with Crippen molar-refractivity contribution in [2.75, 3.05) is 12.4 Å². The zero-order chi connectivity index (χ0) is 12.3. The Labute approximate surface area is 102 Å². The molecular weight excluding hydrogens is 246 g/mol. The van der Waals surface area contributed by atoms with Crippen LogP contribution in [0.5, 0.6) is 0 Å². The summed E-state index contributed by atoms with van der Waals surface area (Å²) in [4.78, 5) is 11.5. The molecule has 1 aromatic rings. The van der Waals surface area contributed by atoms with Gasteiger partial charge in [0.05, 0.1) is 5.56 Å². The molecule has 0 amide bonds. The van der Waals surface area contributed by atoms with E-state index in [1.807, 2.05) is 0 Å². The zero-order valence-corrected chi connectivity index (χ0v) is 9.88. The van der Waals surface area contributed by atoms with E-state index in [0.717, 1.165) is 11.8 Å². The first-order valence-electron chi connectivity index (χ1n) is 5.31. The topological polar surface area (TPSA) is 26.3 Å². The Hall–Kier alpha value is -1.10. The number of thioether (sulfide) groups is 1. The molecule has 0 spiro atoms. The average Bonchev–Trinajstić information content (AvgIpc) is 2.66. The van der Waals surface area contributed by atoms with E-state index in [2.05, 4.69) is 0 Å². The SMILES string of the molecule is O=C(OC[C@@H]1SCCC1(F)F)c1ccccc1. The molecule has 0 unspecified atom stereocenters. The minimum Gasteiger partial charge on any atom is -0.461 e. The minimum absolute atomic E-state index is 0.134. The first-order valence-corrected chi connectivity index (χ1v) is 6.36. The third-order valence-corrected chi connectivity index (χ3v) is 3.92. The Morgan fingerprint density at radius 1 is 1.41 bits per heavy atom. The highest BCUT2D eigenvalue weighted by Gasteiger charge is 2.45. The molecule has 0 N–H and O–H groups in total. The lowest BCUT2D eigenvalue weighted by Gasteiger charge is -2.17. The largest absolute Gasteiger partial charge is 0.461 e. The fourth-order valence-electron chi connectivity index (χ4n) is 1.60. The van der Waals surface area contributed by atoms with Crippen LogP contribution in [-0.4, -0.2) is 29.5 Å². The van der Waals surface area contributed by atoms with Crippen LogP contribution >= 0.6 is 11.8 Å². The fraction of sp³-hybridized carbons (Fsp3) is 0.417. The van der Waals surface area contributed by atoms with Crippen molar-refractivity contribution in [3.63, 3.8) is 0 Å². The zero-order valence-electron chi connectivity index (χ0n) is 9.07. The quantitative estimate of drug-likeness (QED) is 0.780. The summed E-state index contributed by atoms with van der Waals surface area (Å²) < 4.78 is 31.4. The molecule has 0 bridgehead atoms. The maximum Gasteiger partial charge on any atom is 0.338 e. The lowest BCUT2D eigenvalue weighted by Crippen LogP contribution is -2.30. The van der Waals surface area contributed by atoms with E-state index in [4.69, 9.17) is 4.74 Å². The van der Waals surface area contributed by atoms with Crippen LogP contribution < -0.4 is 0 Å². The normalized spacial score (nSPS) is 22.4. The van der Waals surface area contributed by atoms with E-state index in [1.165, 1.54) is 0 Å². The van der Waals surface area contributed by atoms with Crippen LogP contribution in [0.2, 0.25) is 0 Å². The third kappa shape index (κ3) is 2.97. The molecule has 5 heteroatoms. The summed E-state index contributed by atoms with van der Waals surface area (Å²) in [6, 6.07) is 8.38. The van der Waals surface area contributed by atoms with E-state index < -0.39 is 17.1 Å². The maximum absolute atomic E-state index is 13.2. The van der Waals surface area contributed by atoms with Crippen molar-refractivity contribution in [1.29, 1.82) is 0 Å². The van der Waals surface area contributed by atoms with E-state index >= 15 is 0 Å². The molecule has 92 valence electrons. The molecule has 1 fully saturated rings. The van der Waals surface area contributed by atoms with Crippen molar-refractivity contribution >= 4 is 17.7 Å². The molecule has 17 heavy (non-hydrogen) atoms. The van der Waals surface area contributed by atoms with E-state index in [-0.39, 0.29) is 13.0 Å². The van der Waals surface area contributed by atoms with Gasteiger partial charge in [-0.05, 0) is 17.9 Å². The number of carbonyl (C=O) groups is 1. The van der Waals surface area contributed by atoms with Crippen LogP contribution in [0.4, 0.5) is 8.78 Å². The van der Waals surface area contributed by atoms with Crippen LogP contribution in [0.1, 0.15) is 16.8 Å². The third-order valence-electron chi connectivity index (χ3n) is 2.60. The summed E-state index contributed by atoms with van der Waals surface area (Å²) in [6.07, 6.45) is -0.134. The number of hydrogen-bond donors (Lipinski definition) is 0. The number of esters is 1. The van der Waals surface area contributed by atoms with Crippen LogP contribution in [0.15, 0.2) is 30.3 Å². The fourth-order valence-corrected chi connectivity index (χ4v) is 2.80. The summed E-state index contributed by atoms with van der Waals surface area (Å²) in [6.45, 7) is -0.231. The highest BCUT2D eigenvalue weighted by Crippen LogP contribution is 2.40. The molecule has 0 radical (unpaired) electrons. The molecule has 0 saturated carbocycles. The minimum atomic E-state index is -2.72. The molecule has 1 atom stereocenters. The van der Waals surface area contributed by atoms with Crippen molar-refractivity contribution < 1.29 is 18.3 Å². The predicted molar refractivity (Wildman–Crippen MR) is 62.5 cm³/mol. The lowest BCUT2D eigenvalue weighted by atomic mass is 10.2. The van der Waals surface area contributed by atoms with Gasteiger partial charge in [-0.3, -0.25) is 0 Å². The van der Waals surface area contributed by atoms with Gasteiger partial charge >= 0.3 is 5.97 Å². The molecular formula is C12H12F2O2S. The van der Waals surface area contributed by atoms with Crippen molar-refractivity contribution in [1.82, 2.24) is 0 Å². The van der Waals surface area contributed by atoms with Gasteiger partial charge < -0.3 is 4.74 Å². The maximum atomic E-state index is 13.2. The highest BCUT2D eigenvalue weighted by molar-refractivity contribution is 8.00. The van der Waals surface area contributed by atoms with Gasteiger partial charge in [-0.25, -0.2) is 13.6 Å². The molecule has 2 rings (SSSR count). The first-order chi connectivity index (χ1) is 8.09. The van der Waals surface area contributed by atoms with Gasteiger partial charge in [0, 0.05) is 6.42 Å². The number of rotatable bonds is 3.